The molecule has 1 amide bonds. The van der Waals surface area contributed by atoms with Crippen LogP contribution < -0.4 is 9.64 Å². The molecule has 7 nitrogen and oxygen atoms in total. The van der Waals surface area contributed by atoms with Gasteiger partial charge in [-0.1, -0.05) is 24.3 Å². The summed E-state index contributed by atoms with van der Waals surface area (Å²) >= 11 is 0. The van der Waals surface area contributed by atoms with Gasteiger partial charge in [-0.2, -0.15) is 0 Å². The van der Waals surface area contributed by atoms with Gasteiger partial charge in [0.05, 0.1) is 5.69 Å². The molecule has 0 N–H and O–H groups in total. The van der Waals surface area contributed by atoms with Gasteiger partial charge in [0.15, 0.2) is 12.4 Å². The van der Waals surface area contributed by atoms with Crippen molar-refractivity contribution >= 4 is 11.6 Å². The average Bonchev–Trinajstić information content (AvgIpc) is 3.27. The Hall–Kier alpha value is -3.42. The number of piperazine rings is 1. The molecule has 5 rings (SSSR count). The molecular weight excluding hydrogens is 409 g/mol. The van der Waals surface area contributed by atoms with Crippen molar-refractivity contribution in [3.63, 3.8) is 0 Å². The van der Waals surface area contributed by atoms with Crippen molar-refractivity contribution in [1.29, 1.82) is 0 Å². The first-order valence-electron chi connectivity index (χ1n) is 11.1. The van der Waals surface area contributed by atoms with Crippen LogP contribution >= 0.6 is 0 Å². The van der Waals surface area contributed by atoms with E-state index in [2.05, 4.69) is 14.8 Å². The van der Waals surface area contributed by atoms with Gasteiger partial charge in [-0.25, -0.2) is 4.39 Å². The molecule has 8 heteroatoms. The van der Waals surface area contributed by atoms with E-state index in [4.69, 9.17) is 4.74 Å². The Kier molecular flexibility index (Phi) is 5.75. The number of halogens is 1. The summed E-state index contributed by atoms with van der Waals surface area (Å²) in [5.74, 6) is 2.21. The summed E-state index contributed by atoms with van der Waals surface area (Å²) in [6.45, 7) is 3.19. The average molecular weight is 436 g/mol. The molecule has 0 saturated carbocycles. The van der Waals surface area contributed by atoms with Crippen LogP contribution in [0.25, 0.3) is 11.4 Å². The minimum absolute atomic E-state index is 0.0267. The summed E-state index contributed by atoms with van der Waals surface area (Å²) in [6, 6.07) is 14.4. The Morgan fingerprint density at radius 3 is 2.66 bits per heavy atom. The van der Waals surface area contributed by atoms with Crippen LogP contribution in [0.3, 0.4) is 0 Å². The summed E-state index contributed by atoms with van der Waals surface area (Å²) in [5, 5.41) is 8.68. The monoisotopic (exact) mass is 435 g/mol. The van der Waals surface area contributed by atoms with E-state index >= 15 is 0 Å². The lowest BCUT2D eigenvalue weighted by Gasteiger charge is -2.36. The van der Waals surface area contributed by atoms with Crippen LogP contribution in [0.15, 0.2) is 48.5 Å². The molecule has 0 unspecified atom stereocenters. The predicted molar refractivity (Wildman–Crippen MR) is 119 cm³/mol. The molecule has 0 bridgehead atoms. The minimum Gasteiger partial charge on any atom is -0.484 e. The smallest absolute Gasteiger partial charge is 0.260 e. The summed E-state index contributed by atoms with van der Waals surface area (Å²) in [6.07, 6.45) is 3.24. The standard InChI is InChI=1S/C24H26FN5O2/c25-20-8-1-2-9-21(20)28-12-14-29(15-13-28)23(31)17-32-19-7-5-6-18(16-19)24-27-26-22-10-3-4-11-30(22)24/h1-2,5-9,16H,3-4,10-15,17H2. The Bertz CT molecular complexity index is 1110. The molecule has 1 aromatic heterocycles. The molecule has 2 aromatic carbocycles. The van der Waals surface area contributed by atoms with Crippen LogP contribution in [-0.4, -0.2) is 58.4 Å². The molecule has 3 aromatic rings. The van der Waals surface area contributed by atoms with Crippen LogP contribution in [-0.2, 0) is 17.8 Å². The van der Waals surface area contributed by atoms with E-state index < -0.39 is 0 Å². The highest BCUT2D eigenvalue weighted by Crippen LogP contribution is 2.26. The van der Waals surface area contributed by atoms with Crippen LogP contribution in [0.4, 0.5) is 10.1 Å². The molecule has 0 aliphatic carbocycles. The third-order valence-electron chi connectivity index (χ3n) is 6.14. The van der Waals surface area contributed by atoms with Crippen molar-refractivity contribution in [3.8, 4) is 17.1 Å². The molecule has 3 heterocycles. The van der Waals surface area contributed by atoms with E-state index in [9.17, 15) is 9.18 Å². The highest BCUT2D eigenvalue weighted by atomic mass is 19.1. The number of carbonyl (C=O) groups is 1. The van der Waals surface area contributed by atoms with E-state index in [1.54, 1.807) is 17.0 Å². The summed E-state index contributed by atoms with van der Waals surface area (Å²) in [7, 11) is 0. The minimum atomic E-state index is -0.232. The summed E-state index contributed by atoms with van der Waals surface area (Å²) in [4.78, 5) is 16.4. The zero-order chi connectivity index (χ0) is 21.9. The summed E-state index contributed by atoms with van der Waals surface area (Å²) in [5.41, 5.74) is 1.53. The van der Waals surface area contributed by atoms with Crippen molar-refractivity contribution in [2.24, 2.45) is 0 Å². The van der Waals surface area contributed by atoms with Crippen molar-refractivity contribution in [2.45, 2.75) is 25.8 Å². The highest BCUT2D eigenvalue weighted by Gasteiger charge is 2.23. The number of amides is 1. The zero-order valence-corrected chi connectivity index (χ0v) is 17.9. The fourth-order valence-corrected chi connectivity index (χ4v) is 4.39. The Balaban J connectivity index is 1.18. The van der Waals surface area contributed by atoms with Gasteiger partial charge in [0.25, 0.3) is 5.91 Å². The second-order valence-corrected chi connectivity index (χ2v) is 8.18. The van der Waals surface area contributed by atoms with Gasteiger partial charge in [-0.05, 0) is 37.1 Å². The van der Waals surface area contributed by atoms with Crippen LogP contribution in [0.5, 0.6) is 5.75 Å². The van der Waals surface area contributed by atoms with E-state index in [0.29, 0.717) is 37.6 Å². The number of aromatic nitrogens is 3. The normalized spacial score (nSPS) is 16.0. The van der Waals surface area contributed by atoms with Gasteiger partial charge in [0.2, 0.25) is 0 Å². The Morgan fingerprint density at radius 2 is 1.81 bits per heavy atom. The number of hydrogen-bond acceptors (Lipinski definition) is 5. The predicted octanol–water partition coefficient (Wildman–Crippen LogP) is 3.15. The molecule has 2 aliphatic heterocycles. The lowest BCUT2D eigenvalue weighted by atomic mass is 10.1. The van der Waals surface area contributed by atoms with E-state index in [1.807, 2.05) is 35.2 Å². The quantitative estimate of drug-likeness (QED) is 0.616. The fraction of sp³-hybridized carbons (Fsp3) is 0.375. The van der Waals surface area contributed by atoms with Crippen LogP contribution in [0, 0.1) is 5.82 Å². The number of para-hydroxylation sites is 1. The van der Waals surface area contributed by atoms with Crippen molar-refractivity contribution in [2.75, 3.05) is 37.7 Å². The van der Waals surface area contributed by atoms with Gasteiger partial charge in [0, 0.05) is 44.7 Å². The lowest BCUT2D eigenvalue weighted by molar-refractivity contribution is -0.133. The van der Waals surface area contributed by atoms with Gasteiger partial charge in [-0.15, -0.1) is 10.2 Å². The maximum Gasteiger partial charge on any atom is 0.260 e. The Morgan fingerprint density at radius 1 is 0.969 bits per heavy atom. The number of ether oxygens (including phenoxy) is 1. The molecule has 2 aliphatic rings. The number of fused-ring (bicyclic) bond motifs is 1. The number of nitrogens with zero attached hydrogens (tertiary/aromatic N) is 5. The highest BCUT2D eigenvalue weighted by molar-refractivity contribution is 5.78. The zero-order valence-electron chi connectivity index (χ0n) is 17.9. The molecule has 0 spiro atoms. The molecular formula is C24H26FN5O2. The molecule has 1 saturated heterocycles. The number of hydrogen-bond donors (Lipinski definition) is 0. The SMILES string of the molecule is O=C(COc1cccc(-c2nnc3n2CCCC3)c1)N1CCN(c2ccccc2F)CC1. The van der Waals surface area contributed by atoms with Crippen molar-refractivity contribution in [1.82, 2.24) is 19.7 Å². The third kappa shape index (κ3) is 4.17. The molecule has 0 radical (unpaired) electrons. The lowest BCUT2D eigenvalue weighted by Crippen LogP contribution is -2.50. The first kappa shape index (κ1) is 20.5. The molecule has 166 valence electrons. The summed E-state index contributed by atoms with van der Waals surface area (Å²) < 4.78 is 22.0. The van der Waals surface area contributed by atoms with E-state index in [1.165, 1.54) is 6.07 Å². The molecule has 32 heavy (non-hydrogen) atoms. The van der Waals surface area contributed by atoms with Crippen LogP contribution in [0.2, 0.25) is 0 Å². The maximum atomic E-state index is 14.0. The maximum absolute atomic E-state index is 14.0. The number of anilines is 1. The van der Waals surface area contributed by atoms with Crippen molar-refractivity contribution in [3.05, 3.63) is 60.2 Å². The number of carbonyl (C=O) groups excluding carboxylic acids is 1. The van der Waals surface area contributed by atoms with Crippen LogP contribution in [0.1, 0.15) is 18.7 Å². The second kappa shape index (κ2) is 8.98. The largest absolute Gasteiger partial charge is 0.484 e. The molecule has 1 fully saturated rings. The van der Waals surface area contributed by atoms with E-state index in [0.717, 1.165) is 43.0 Å². The van der Waals surface area contributed by atoms with E-state index in [-0.39, 0.29) is 18.3 Å². The van der Waals surface area contributed by atoms with Gasteiger partial charge < -0.3 is 19.1 Å². The first-order chi connectivity index (χ1) is 15.7. The second-order valence-electron chi connectivity index (χ2n) is 8.18. The van der Waals surface area contributed by atoms with Gasteiger partial charge in [-0.3, -0.25) is 4.79 Å². The van der Waals surface area contributed by atoms with Crippen molar-refractivity contribution < 1.29 is 13.9 Å². The Labute approximate surface area is 186 Å². The number of benzene rings is 2. The third-order valence-corrected chi connectivity index (χ3v) is 6.14. The molecule has 0 atom stereocenters. The fourth-order valence-electron chi connectivity index (χ4n) is 4.39. The number of rotatable bonds is 5. The topological polar surface area (TPSA) is 63.5 Å². The number of aryl methyl sites for hydroxylation is 1. The first-order valence-corrected chi connectivity index (χ1v) is 11.1. The van der Waals surface area contributed by atoms with Gasteiger partial charge >= 0.3 is 0 Å². The van der Waals surface area contributed by atoms with Gasteiger partial charge in [0.1, 0.15) is 17.4 Å².